The average Bonchev–Trinajstić information content (AvgIpc) is 2.86. The van der Waals surface area contributed by atoms with Crippen molar-refractivity contribution < 1.29 is 27.5 Å². The van der Waals surface area contributed by atoms with Gasteiger partial charge in [-0.15, -0.1) is 0 Å². The number of benzene rings is 1. The number of carbonyl (C=O) groups is 2. The molecule has 1 aliphatic rings. The number of ether oxygens (including phenoxy) is 1. The van der Waals surface area contributed by atoms with Crippen molar-refractivity contribution >= 4 is 23.4 Å². The van der Waals surface area contributed by atoms with Gasteiger partial charge >= 0.3 is 6.09 Å². The lowest BCUT2D eigenvalue weighted by Crippen LogP contribution is -2.62. The highest BCUT2D eigenvalue weighted by Crippen LogP contribution is 2.31. The van der Waals surface area contributed by atoms with Crippen LogP contribution in [0, 0.1) is 23.4 Å². The number of rotatable bonds is 5. The lowest BCUT2D eigenvalue weighted by molar-refractivity contribution is 0.0486. The summed E-state index contributed by atoms with van der Waals surface area (Å²) in [6.45, 7) is 8.08. The molecule has 2 amide bonds. The first-order valence-corrected chi connectivity index (χ1v) is 12.7. The molecule has 0 radical (unpaired) electrons. The zero-order valence-electron chi connectivity index (χ0n) is 22.5. The topological polar surface area (TPSA) is 122 Å². The van der Waals surface area contributed by atoms with Gasteiger partial charge < -0.3 is 26.0 Å². The summed E-state index contributed by atoms with van der Waals surface area (Å²) in [6.07, 6.45) is 2.40. The van der Waals surface area contributed by atoms with Gasteiger partial charge in [0.15, 0.2) is 0 Å². The van der Waals surface area contributed by atoms with Crippen LogP contribution in [0.2, 0.25) is 0 Å². The molecule has 0 spiro atoms. The standard InChI is InChI=1S/C28H31F3N6O3/c1-15-13-37(14-21(24(15)32)36-27(39)40-28(2,3)4)22-10-11-33-12-20(22)35-26(38)19-9-8-18(31)25(34-19)23-16(29)6-5-7-17(23)30/h5-12,15,21,24H,13-14,32H2,1-4H3,(H,35,38)(H,36,39). The summed E-state index contributed by atoms with van der Waals surface area (Å²) in [6, 6.07) is 6.04. The number of nitrogens with two attached hydrogens (primary N) is 1. The molecule has 0 aliphatic carbocycles. The first kappa shape index (κ1) is 28.8. The van der Waals surface area contributed by atoms with E-state index in [9.17, 15) is 22.8 Å². The summed E-state index contributed by atoms with van der Waals surface area (Å²) >= 11 is 0. The van der Waals surface area contributed by atoms with Crippen molar-refractivity contribution in [1.82, 2.24) is 15.3 Å². The molecule has 12 heteroatoms. The van der Waals surface area contributed by atoms with E-state index >= 15 is 0 Å². The fraction of sp³-hybridized carbons (Fsp3) is 0.357. The van der Waals surface area contributed by atoms with Gasteiger partial charge in [0.2, 0.25) is 0 Å². The third kappa shape index (κ3) is 6.50. The third-order valence-corrected chi connectivity index (χ3v) is 6.41. The molecular weight excluding hydrogens is 525 g/mol. The molecule has 1 aliphatic heterocycles. The van der Waals surface area contributed by atoms with Crippen LogP contribution >= 0.6 is 0 Å². The highest BCUT2D eigenvalue weighted by Gasteiger charge is 2.35. The minimum absolute atomic E-state index is 0.0395. The second kappa shape index (κ2) is 11.5. The summed E-state index contributed by atoms with van der Waals surface area (Å²) in [4.78, 5) is 35.5. The maximum absolute atomic E-state index is 14.5. The van der Waals surface area contributed by atoms with Crippen molar-refractivity contribution in [3.05, 3.63) is 71.9 Å². The number of anilines is 2. The molecule has 4 rings (SSSR count). The molecule has 2 aromatic heterocycles. The Kier molecular flexibility index (Phi) is 8.29. The molecule has 3 aromatic rings. The fourth-order valence-electron chi connectivity index (χ4n) is 4.51. The zero-order valence-corrected chi connectivity index (χ0v) is 22.5. The maximum atomic E-state index is 14.5. The predicted octanol–water partition coefficient (Wildman–Crippen LogP) is 4.49. The van der Waals surface area contributed by atoms with Crippen molar-refractivity contribution in [3.8, 4) is 11.3 Å². The molecule has 1 fully saturated rings. The second-order valence-electron chi connectivity index (χ2n) is 10.7. The van der Waals surface area contributed by atoms with Crippen molar-refractivity contribution in [2.45, 2.75) is 45.4 Å². The molecule has 4 N–H and O–H groups in total. The van der Waals surface area contributed by atoms with E-state index in [-0.39, 0.29) is 17.7 Å². The molecule has 0 saturated carbocycles. The minimum atomic E-state index is -1.01. The van der Waals surface area contributed by atoms with Gasteiger partial charge in [0.25, 0.3) is 5.91 Å². The fourth-order valence-corrected chi connectivity index (χ4v) is 4.51. The number of hydrogen-bond acceptors (Lipinski definition) is 7. The normalized spacial score (nSPS) is 19.2. The molecule has 1 aromatic carbocycles. The van der Waals surface area contributed by atoms with E-state index in [0.29, 0.717) is 24.5 Å². The average molecular weight is 557 g/mol. The Morgan fingerprint density at radius 3 is 2.42 bits per heavy atom. The van der Waals surface area contributed by atoms with E-state index in [1.54, 1.807) is 33.0 Å². The smallest absolute Gasteiger partial charge is 0.407 e. The summed E-state index contributed by atoms with van der Waals surface area (Å²) in [5.41, 5.74) is 5.08. The van der Waals surface area contributed by atoms with Crippen LogP contribution in [0.5, 0.6) is 0 Å². The van der Waals surface area contributed by atoms with E-state index in [4.69, 9.17) is 10.5 Å². The number of piperidine rings is 1. The quantitative estimate of drug-likeness (QED) is 0.423. The Morgan fingerprint density at radius 2 is 1.75 bits per heavy atom. The molecule has 3 unspecified atom stereocenters. The largest absolute Gasteiger partial charge is 0.444 e. The summed E-state index contributed by atoms with van der Waals surface area (Å²) in [5.74, 6) is -3.78. The van der Waals surface area contributed by atoms with Crippen LogP contribution in [-0.2, 0) is 4.74 Å². The number of nitrogens with one attached hydrogen (secondary N) is 2. The molecular formula is C28H31F3N6O3. The number of halogens is 3. The van der Waals surface area contributed by atoms with Gasteiger partial charge in [-0.25, -0.2) is 22.9 Å². The lowest BCUT2D eigenvalue weighted by Gasteiger charge is -2.42. The van der Waals surface area contributed by atoms with Gasteiger partial charge in [-0.3, -0.25) is 9.78 Å². The number of alkyl carbamates (subject to hydrolysis) is 1. The van der Waals surface area contributed by atoms with Crippen LogP contribution in [-0.4, -0.2) is 52.7 Å². The monoisotopic (exact) mass is 556 g/mol. The molecule has 0 bridgehead atoms. The zero-order chi connectivity index (χ0) is 29.2. The van der Waals surface area contributed by atoms with Crippen LogP contribution in [0.15, 0.2) is 48.8 Å². The number of aromatic nitrogens is 2. The van der Waals surface area contributed by atoms with Crippen molar-refractivity contribution in [2.24, 2.45) is 11.7 Å². The van der Waals surface area contributed by atoms with Crippen LogP contribution in [0.25, 0.3) is 11.3 Å². The molecule has 1 saturated heterocycles. The van der Waals surface area contributed by atoms with E-state index < -0.39 is 52.4 Å². The van der Waals surface area contributed by atoms with Crippen molar-refractivity contribution in [3.63, 3.8) is 0 Å². The number of amides is 2. The van der Waals surface area contributed by atoms with Crippen LogP contribution < -0.4 is 21.3 Å². The number of nitrogens with zero attached hydrogens (tertiary/aromatic N) is 3. The molecule has 3 heterocycles. The summed E-state index contributed by atoms with van der Waals surface area (Å²) in [7, 11) is 0. The highest BCUT2D eigenvalue weighted by atomic mass is 19.1. The summed E-state index contributed by atoms with van der Waals surface area (Å²) < 4.78 is 48.5. The predicted molar refractivity (Wildman–Crippen MR) is 144 cm³/mol. The van der Waals surface area contributed by atoms with Gasteiger partial charge in [0.1, 0.15) is 34.4 Å². The van der Waals surface area contributed by atoms with E-state index in [1.165, 1.54) is 6.20 Å². The maximum Gasteiger partial charge on any atom is 0.407 e. The number of carbonyl (C=O) groups excluding carboxylic acids is 2. The minimum Gasteiger partial charge on any atom is -0.444 e. The molecule has 3 atom stereocenters. The Bertz CT molecular complexity index is 1390. The van der Waals surface area contributed by atoms with E-state index in [0.717, 1.165) is 30.3 Å². The van der Waals surface area contributed by atoms with Crippen molar-refractivity contribution in [1.29, 1.82) is 0 Å². The van der Waals surface area contributed by atoms with Gasteiger partial charge in [0, 0.05) is 25.3 Å². The Balaban J connectivity index is 1.57. The first-order valence-electron chi connectivity index (χ1n) is 12.7. The third-order valence-electron chi connectivity index (χ3n) is 6.41. The molecule has 40 heavy (non-hydrogen) atoms. The first-order chi connectivity index (χ1) is 18.8. The van der Waals surface area contributed by atoms with Crippen LogP contribution in [0.1, 0.15) is 38.2 Å². The Hall–Kier alpha value is -4.19. The summed E-state index contributed by atoms with van der Waals surface area (Å²) in [5, 5.41) is 5.55. The SMILES string of the molecule is CC1CN(c2ccncc2NC(=O)c2ccc(F)c(-c3c(F)cccc3F)n2)CC(NC(=O)OC(C)(C)C)C1N. The van der Waals surface area contributed by atoms with Crippen LogP contribution in [0.4, 0.5) is 29.3 Å². The second-order valence-corrected chi connectivity index (χ2v) is 10.7. The van der Waals surface area contributed by atoms with Gasteiger partial charge in [-0.2, -0.15) is 0 Å². The Labute approximate surface area is 229 Å². The highest BCUT2D eigenvalue weighted by molar-refractivity contribution is 6.04. The van der Waals surface area contributed by atoms with Gasteiger partial charge in [-0.05, 0) is 57.0 Å². The number of hydrogen-bond donors (Lipinski definition) is 3. The van der Waals surface area contributed by atoms with Crippen LogP contribution in [0.3, 0.4) is 0 Å². The van der Waals surface area contributed by atoms with Crippen molar-refractivity contribution in [2.75, 3.05) is 23.3 Å². The van der Waals surface area contributed by atoms with Gasteiger partial charge in [0.05, 0.1) is 29.2 Å². The van der Waals surface area contributed by atoms with E-state index in [1.807, 2.05) is 11.8 Å². The van der Waals surface area contributed by atoms with Gasteiger partial charge in [-0.1, -0.05) is 13.0 Å². The molecule has 9 nitrogen and oxygen atoms in total. The number of pyridine rings is 2. The Morgan fingerprint density at radius 1 is 1.05 bits per heavy atom. The van der Waals surface area contributed by atoms with E-state index in [2.05, 4.69) is 20.6 Å². The molecule has 212 valence electrons. The lowest BCUT2D eigenvalue weighted by atomic mass is 9.90.